The Bertz CT molecular complexity index is 2080. The van der Waals surface area contributed by atoms with E-state index >= 15 is 0 Å². The number of hydrogen-bond donors (Lipinski definition) is 0. The van der Waals surface area contributed by atoms with E-state index in [1.54, 1.807) is 6.33 Å². The van der Waals surface area contributed by atoms with Crippen LogP contribution in [0.25, 0.3) is 76.8 Å². The summed E-state index contributed by atoms with van der Waals surface area (Å²) in [6, 6.07) is 32.8. The first-order valence-corrected chi connectivity index (χ1v) is 13.3. The molecule has 0 amide bonds. The van der Waals surface area contributed by atoms with E-state index in [0.717, 1.165) is 38.9 Å². The molecule has 0 unspecified atom stereocenters. The Morgan fingerprint density at radius 1 is 0.375 bits per heavy atom. The molecular formula is C36H22N4. The van der Waals surface area contributed by atoms with E-state index in [1.165, 1.54) is 37.9 Å². The van der Waals surface area contributed by atoms with Gasteiger partial charge in [-0.05, 0) is 90.5 Å². The minimum absolute atomic E-state index is 1.02. The second kappa shape index (κ2) is 9.07. The maximum Gasteiger partial charge on any atom is 0.115 e. The smallest absolute Gasteiger partial charge is 0.115 e. The van der Waals surface area contributed by atoms with Crippen molar-refractivity contribution in [3.63, 3.8) is 0 Å². The standard InChI is InChI=1S/C36H22N4/c1-3-25(18-37-13-1)27-15-28(26-4-2-14-38-19-26)17-29(16-27)31-9-5-23-8-12-34-32(30-20-39-22-40-21-30)10-6-24-7-11-33(31)35(23)36(24)34/h1-22H. The van der Waals surface area contributed by atoms with Crippen LogP contribution < -0.4 is 0 Å². The van der Waals surface area contributed by atoms with Gasteiger partial charge >= 0.3 is 0 Å². The Morgan fingerprint density at radius 2 is 0.850 bits per heavy atom. The molecule has 0 saturated heterocycles. The highest BCUT2D eigenvalue weighted by molar-refractivity contribution is 6.27. The van der Waals surface area contributed by atoms with Crippen molar-refractivity contribution in [3.8, 4) is 44.5 Å². The fourth-order valence-electron chi connectivity index (χ4n) is 5.93. The quantitative estimate of drug-likeness (QED) is 0.222. The number of aromatic nitrogens is 4. The first kappa shape index (κ1) is 22.5. The largest absolute Gasteiger partial charge is 0.264 e. The van der Waals surface area contributed by atoms with Crippen molar-refractivity contribution >= 4 is 32.3 Å². The molecule has 0 bridgehead atoms. The third-order valence-corrected chi connectivity index (χ3v) is 7.77. The molecule has 0 fully saturated rings. The monoisotopic (exact) mass is 510 g/mol. The van der Waals surface area contributed by atoms with Crippen molar-refractivity contribution in [2.24, 2.45) is 0 Å². The average Bonchev–Trinajstić information content (AvgIpc) is 3.04. The van der Waals surface area contributed by atoms with Gasteiger partial charge in [0.15, 0.2) is 0 Å². The molecule has 186 valence electrons. The van der Waals surface area contributed by atoms with Crippen molar-refractivity contribution in [2.75, 3.05) is 0 Å². The van der Waals surface area contributed by atoms with Crippen LogP contribution in [0.15, 0.2) is 135 Å². The maximum atomic E-state index is 4.38. The highest BCUT2D eigenvalue weighted by Gasteiger charge is 2.16. The second-order valence-corrected chi connectivity index (χ2v) is 10.1. The summed E-state index contributed by atoms with van der Waals surface area (Å²) in [6.07, 6.45) is 12.8. The summed E-state index contributed by atoms with van der Waals surface area (Å²) in [4.78, 5) is 17.3. The maximum absolute atomic E-state index is 4.38. The van der Waals surface area contributed by atoms with Crippen molar-refractivity contribution in [3.05, 3.63) is 135 Å². The lowest BCUT2D eigenvalue weighted by molar-refractivity contribution is 1.17. The van der Waals surface area contributed by atoms with Crippen molar-refractivity contribution < 1.29 is 0 Å². The topological polar surface area (TPSA) is 51.6 Å². The van der Waals surface area contributed by atoms with Crippen LogP contribution in [0, 0.1) is 0 Å². The van der Waals surface area contributed by atoms with Crippen LogP contribution in [0.4, 0.5) is 0 Å². The molecule has 8 aromatic rings. The van der Waals surface area contributed by atoms with E-state index in [0.29, 0.717) is 0 Å². The Labute approximate surface area is 231 Å². The predicted molar refractivity (Wildman–Crippen MR) is 163 cm³/mol. The third-order valence-electron chi connectivity index (χ3n) is 7.77. The molecule has 0 aliphatic rings. The Hall–Kier alpha value is -5.48. The molecule has 0 atom stereocenters. The zero-order valence-electron chi connectivity index (χ0n) is 21.5. The van der Waals surface area contributed by atoms with Gasteiger partial charge < -0.3 is 0 Å². The summed E-state index contributed by atoms with van der Waals surface area (Å²) in [7, 11) is 0. The van der Waals surface area contributed by atoms with Crippen LogP contribution in [0.3, 0.4) is 0 Å². The fourth-order valence-corrected chi connectivity index (χ4v) is 5.93. The van der Waals surface area contributed by atoms with Crippen LogP contribution in [0.2, 0.25) is 0 Å². The van der Waals surface area contributed by atoms with E-state index in [9.17, 15) is 0 Å². The predicted octanol–water partition coefficient (Wildman–Crippen LogP) is 8.83. The first-order chi connectivity index (χ1) is 19.8. The van der Waals surface area contributed by atoms with Gasteiger partial charge in [-0.25, -0.2) is 9.97 Å². The zero-order chi connectivity index (χ0) is 26.5. The summed E-state index contributed by atoms with van der Waals surface area (Å²) in [5, 5.41) is 7.45. The molecule has 3 aromatic heterocycles. The molecule has 0 N–H and O–H groups in total. The molecule has 4 nitrogen and oxygen atoms in total. The first-order valence-electron chi connectivity index (χ1n) is 13.3. The second-order valence-electron chi connectivity index (χ2n) is 10.1. The van der Waals surface area contributed by atoms with E-state index in [4.69, 9.17) is 0 Å². The van der Waals surface area contributed by atoms with Gasteiger partial charge in [-0.2, -0.15) is 0 Å². The van der Waals surface area contributed by atoms with Gasteiger partial charge in [0.25, 0.3) is 0 Å². The number of benzene rings is 5. The number of hydrogen-bond acceptors (Lipinski definition) is 4. The van der Waals surface area contributed by atoms with Gasteiger partial charge in [0.1, 0.15) is 6.33 Å². The molecule has 8 rings (SSSR count). The Kier molecular flexibility index (Phi) is 5.10. The molecule has 0 aliphatic carbocycles. The summed E-state index contributed by atoms with van der Waals surface area (Å²) < 4.78 is 0. The summed E-state index contributed by atoms with van der Waals surface area (Å²) >= 11 is 0. The third kappa shape index (κ3) is 3.62. The van der Waals surface area contributed by atoms with Crippen molar-refractivity contribution in [2.45, 2.75) is 0 Å². The summed E-state index contributed by atoms with van der Waals surface area (Å²) in [6.45, 7) is 0. The van der Waals surface area contributed by atoms with Crippen LogP contribution >= 0.6 is 0 Å². The van der Waals surface area contributed by atoms with E-state index in [1.807, 2.05) is 49.3 Å². The van der Waals surface area contributed by atoms with Gasteiger partial charge in [-0.1, -0.05) is 60.7 Å². The van der Waals surface area contributed by atoms with Gasteiger partial charge in [0.2, 0.25) is 0 Å². The summed E-state index contributed by atoms with van der Waals surface area (Å²) in [5.74, 6) is 0. The zero-order valence-corrected chi connectivity index (χ0v) is 21.5. The van der Waals surface area contributed by atoms with Crippen LogP contribution in [0.1, 0.15) is 0 Å². The van der Waals surface area contributed by atoms with Gasteiger partial charge in [-0.15, -0.1) is 0 Å². The number of pyridine rings is 2. The average molecular weight is 511 g/mol. The van der Waals surface area contributed by atoms with Crippen molar-refractivity contribution in [1.29, 1.82) is 0 Å². The number of rotatable bonds is 4. The molecule has 5 aromatic carbocycles. The summed E-state index contributed by atoms with van der Waals surface area (Å²) in [5.41, 5.74) is 8.95. The van der Waals surface area contributed by atoms with Crippen LogP contribution in [0.5, 0.6) is 0 Å². The van der Waals surface area contributed by atoms with Gasteiger partial charge in [0.05, 0.1) is 0 Å². The lowest BCUT2D eigenvalue weighted by atomic mass is 9.86. The molecule has 0 aliphatic heterocycles. The molecule has 3 heterocycles. The molecule has 0 spiro atoms. The van der Waals surface area contributed by atoms with E-state index < -0.39 is 0 Å². The van der Waals surface area contributed by atoms with Gasteiger partial charge in [0, 0.05) is 53.9 Å². The van der Waals surface area contributed by atoms with Crippen molar-refractivity contribution in [1.82, 2.24) is 19.9 Å². The lowest BCUT2D eigenvalue weighted by Crippen LogP contribution is -1.91. The minimum Gasteiger partial charge on any atom is -0.264 e. The molecule has 40 heavy (non-hydrogen) atoms. The molecule has 0 radical (unpaired) electrons. The highest BCUT2D eigenvalue weighted by Crippen LogP contribution is 2.43. The molecule has 4 heteroatoms. The Balaban J connectivity index is 1.41. The molecular weight excluding hydrogens is 488 g/mol. The van der Waals surface area contributed by atoms with Crippen LogP contribution in [-0.4, -0.2) is 19.9 Å². The van der Waals surface area contributed by atoms with Gasteiger partial charge in [-0.3, -0.25) is 9.97 Å². The Morgan fingerprint density at radius 3 is 1.38 bits per heavy atom. The molecule has 0 saturated carbocycles. The normalized spacial score (nSPS) is 11.5. The number of nitrogens with zero attached hydrogens (tertiary/aromatic N) is 4. The van der Waals surface area contributed by atoms with Crippen LogP contribution in [-0.2, 0) is 0 Å². The fraction of sp³-hybridized carbons (Fsp3) is 0. The van der Waals surface area contributed by atoms with E-state index in [-0.39, 0.29) is 0 Å². The van der Waals surface area contributed by atoms with E-state index in [2.05, 4.69) is 98.8 Å². The minimum atomic E-state index is 1.02. The SMILES string of the molecule is c1cncc(-c2cc(-c3cccnc3)cc(-c3ccc4ccc5c(-c6cncnc6)ccc6ccc3c4c65)c2)c1. The lowest BCUT2D eigenvalue weighted by Gasteiger charge is -2.17. The highest BCUT2D eigenvalue weighted by atomic mass is 14.8.